The molecule has 1 atom stereocenters. The molecule has 2 aliphatic rings. The zero-order chi connectivity index (χ0) is 8.77. The minimum atomic E-state index is -0.770. The fraction of sp³-hybridized carbons (Fsp3) is 0.571. The monoisotopic (exact) mass is 168 g/mol. The van der Waals surface area contributed by atoms with Crippen LogP contribution >= 0.6 is 0 Å². The zero-order valence-corrected chi connectivity index (χ0v) is 6.35. The molecule has 2 fully saturated rings. The average Bonchev–Trinajstić information content (AvgIpc) is 2.43. The topological polar surface area (TPSA) is 75.3 Å². The summed E-state index contributed by atoms with van der Waals surface area (Å²) in [6.07, 6.45) is 0.287. The highest BCUT2D eigenvalue weighted by molar-refractivity contribution is 6.08. The van der Waals surface area contributed by atoms with Crippen molar-refractivity contribution >= 4 is 17.7 Å². The number of nitrogens with one attached hydrogen (secondary N) is 2. The number of hydrogen-bond donors (Lipinski definition) is 2. The molecule has 1 spiro atoms. The summed E-state index contributed by atoms with van der Waals surface area (Å²) in [6.45, 7) is 0.295. The van der Waals surface area contributed by atoms with E-state index in [9.17, 15) is 14.4 Å². The van der Waals surface area contributed by atoms with Crippen LogP contribution in [0.5, 0.6) is 0 Å². The molecule has 0 unspecified atom stereocenters. The second kappa shape index (κ2) is 2.06. The third kappa shape index (κ3) is 0.823. The van der Waals surface area contributed by atoms with Crippen molar-refractivity contribution in [3.05, 3.63) is 0 Å². The lowest BCUT2D eigenvalue weighted by Gasteiger charge is -2.13. The Kier molecular flexibility index (Phi) is 1.25. The maximum Gasteiger partial charge on any atom is 0.235 e. The van der Waals surface area contributed by atoms with Crippen molar-refractivity contribution in [1.29, 1.82) is 0 Å². The standard InChI is InChI=1S/C7H8N2O3/c10-4-1-7(3-8-4)2-5(11)9-6(7)12/h1-3H2,(H,8,10)(H,9,11,12)/t7-/m1/s1. The van der Waals surface area contributed by atoms with E-state index in [2.05, 4.69) is 10.6 Å². The Morgan fingerprint density at radius 2 is 1.75 bits per heavy atom. The SMILES string of the molecule is O=C1C[C@]2(CN1)CC(=O)NC2=O. The van der Waals surface area contributed by atoms with Gasteiger partial charge in [0.05, 0.1) is 5.41 Å². The van der Waals surface area contributed by atoms with Crippen LogP contribution in [0.2, 0.25) is 0 Å². The molecular formula is C7H8N2O3. The molecule has 0 aromatic heterocycles. The van der Waals surface area contributed by atoms with Crippen molar-refractivity contribution in [3.8, 4) is 0 Å². The molecule has 0 aromatic rings. The Hall–Kier alpha value is -1.39. The summed E-state index contributed by atoms with van der Waals surface area (Å²) in [5, 5.41) is 4.75. The van der Waals surface area contributed by atoms with Gasteiger partial charge in [-0.2, -0.15) is 0 Å². The smallest absolute Gasteiger partial charge is 0.235 e. The lowest BCUT2D eigenvalue weighted by atomic mass is 9.85. The van der Waals surface area contributed by atoms with E-state index in [4.69, 9.17) is 0 Å². The number of imide groups is 1. The molecule has 0 saturated carbocycles. The van der Waals surface area contributed by atoms with Crippen molar-refractivity contribution in [2.75, 3.05) is 6.54 Å². The summed E-state index contributed by atoms with van der Waals surface area (Å²) >= 11 is 0. The minimum Gasteiger partial charge on any atom is -0.355 e. The van der Waals surface area contributed by atoms with E-state index in [1.807, 2.05) is 0 Å². The number of carbonyl (C=O) groups excluding carboxylic acids is 3. The highest BCUT2D eigenvalue weighted by atomic mass is 16.2. The molecule has 64 valence electrons. The van der Waals surface area contributed by atoms with Gasteiger partial charge in [-0.15, -0.1) is 0 Å². The molecule has 0 radical (unpaired) electrons. The molecule has 2 rings (SSSR count). The molecule has 2 aliphatic heterocycles. The molecule has 3 amide bonds. The van der Waals surface area contributed by atoms with Crippen LogP contribution in [0.25, 0.3) is 0 Å². The first-order chi connectivity index (χ1) is 5.62. The van der Waals surface area contributed by atoms with Crippen LogP contribution in [0.15, 0.2) is 0 Å². The van der Waals surface area contributed by atoms with Crippen LogP contribution in [0.3, 0.4) is 0 Å². The van der Waals surface area contributed by atoms with E-state index in [0.717, 1.165) is 0 Å². The highest BCUT2D eigenvalue weighted by Gasteiger charge is 2.51. The third-order valence-corrected chi connectivity index (χ3v) is 2.36. The Morgan fingerprint density at radius 1 is 1.08 bits per heavy atom. The second-order valence-corrected chi connectivity index (χ2v) is 3.29. The van der Waals surface area contributed by atoms with E-state index in [1.54, 1.807) is 0 Å². The summed E-state index contributed by atoms with van der Waals surface area (Å²) in [5.74, 6) is -0.748. The van der Waals surface area contributed by atoms with E-state index >= 15 is 0 Å². The number of hydrogen-bond acceptors (Lipinski definition) is 3. The predicted molar refractivity (Wildman–Crippen MR) is 37.8 cm³/mol. The molecule has 5 heteroatoms. The Morgan fingerprint density at radius 3 is 2.17 bits per heavy atom. The van der Waals surface area contributed by atoms with Gasteiger partial charge in [0, 0.05) is 19.4 Å². The Bertz CT molecular complexity index is 282. The van der Waals surface area contributed by atoms with Gasteiger partial charge >= 0.3 is 0 Å². The van der Waals surface area contributed by atoms with Crippen LogP contribution in [-0.2, 0) is 14.4 Å². The van der Waals surface area contributed by atoms with Crippen LogP contribution in [0.4, 0.5) is 0 Å². The van der Waals surface area contributed by atoms with Gasteiger partial charge in [-0.3, -0.25) is 19.7 Å². The summed E-state index contributed by atoms with van der Waals surface area (Å²) < 4.78 is 0. The number of carbonyl (C=O) groups is 3. The quantitative estimate of drug-likeness (QED) is 0.434. The molecule has 2 saturated heterocycles. The van der Waals surface area contributed by atoms with Crippen molar-refractivity contribution in [2.45, 2.75) is 12.8 Å². The summed E-state index contributed by atoms with van der Waals surface area (Å²) in [7, 11) is 0. The van der Waals surface area contributed by atoms with E-state index in [1.165, 1.54) is 0 Å². The molecule has 2 N–H and O–H groups in total. The molecule has 0 aromatic carbocycles. The molecule has 2 heterocycles. The van der Waals surface area contributed by atoms with Crippen molar-refractivity contribution in [2.24, 2.45) is 5.41 Å². The van der Waals surface area contributed by atoms with Crippen molar-refractivity contribution in [1.82, 2.24) is 10.6 Å². The van der Waals surface area contributed by atoms with Gasteiger partial charge in [-0.1, -0.05) is 0 Å². The van der Waals surface area contributed by atoms with E-state index < -0.39 is 5.41 Å². The lowest BCUT2D eigenvalue weighted by Crippen LogP contribution is -2.33. The van der Waals surface area contributed by atoms with Gasteiger partial charge in [0.1, 0.15) is 0 Å². The first-order valence-corrected chi connectivity index (χ1v) is 3.73. The third-order valence-electron chi connectivity index (χ3n) is 2.36. The summed E-state index contributed by atoms with van der Waals surface area (Å²) in [6, 6.07) is 0. The second-order valence-electron chi connectivity index (χ2n) is 3.29. The number of amides is 3. The van der Waals surface area contributed by atoms with Crippen molar-refractivity contribution < 1.29 is 14.4 Å². The fourth-order valence-corrected chi connectivity index (χ4v) is 1.68. The first-order valence-electron chi connectivity index (χ1n) is 3.73. The normalized spacial score (nSPS) is 34.2. The van der Waals surface area contributed by atoms with Gasteiger partial charge in [-0.25, -0.2) is 0 Å². The molecular weight excluding hydrogens is 160 g/mol. The Labute approximate surface area is 68.5 Å². The zero-order valence-electron chi connectivity index (χ0n) is 6.35. The van der Waals surface area contributed by atoms with Crippen LogP contribution in [0.1, 0.15) is 12.8 Å². The Balaban J connectivity index is 2.27. The first kappa shape index (κ1) is 7.27. The van der Waals surface area contributed by atoms with E-state index in [-0.39, 0.29) is 30.6 Å². The lowest BCUT2D eigenvalue weighted by molar-refractivity contribution is -0.129. The van der Waals surface area contributed by atoms with Crippen LogP contribution < -0.4 is 10.6 Å². The molecule has 12 heavy (non-hydrogen) atoms. The summed E-state index contributed by atoms with van der Waals surface area (Å²) in [4.78, 5) is 32.9. The number of rotatable bonds is 0. The van der Waals surface area contributed by atoms with E-state index in [0.29, 0.717) is 6.54 Å². The fourth-order valence-electron chi connectivity index (χ4n) is 1.68. The van der Waals surface area contributed by atoms with Gasteiger partial charge in [0.2, 0.25) is 17.7 Å². The van der Waals surface area contributed by atoms with Crippen LogP contribution in [0, 0.1) is 5.41 Å². The molecule has 0 bridgehead atoms. The molecule has 0 aliphatic carbocycles. The van der Waals surface area contributed by atoms with Crippen molar-refractivity contribution in [3.63, 3.8) is 0 Å². The van der Waals surface area contributed by atoms with Gasteiger partial charge < -0.3 is 5.32 Å². The maximum atomic E-state index is 11.2. The van der Waals surface area contributed by atoms with Gasteiger partial charge in [0.25, 0.3) is 0 Å². The minimum absolute atomic E-state index is 0.143. The van der Waals surface area contributed by atoms with Crippen LogP contribution in [-0.4, -0.2) is 24.3 Å². The molecule has 5 nitrogen and oxygen atoms in total. The maximum absolute atomic E-state index is 11.2. The van der Waals surface area contributed by atoms with Gasteiger partial charge in [0.15, 0.2) is 0 Å². The van der Waals surface area contributed by atoms with Gasteiger partial charge in [-0.05, 0) is 0 Å². The highest BCUT2D eigenvalue weighted by Crippen LogP contribution is 2.33. The largest absolute Gasteiger partial charge is 0.355 e. The predicted octanol–water partition coefficient (Wildman–Crippen LogP) is -1.46. The average molecular weight is 168 g/mol. The summed E-state index contributed by atoms with van der Waals surface area (Å²) in [5.41, 5.74) is -0.770.